The normalized spacial score (nSPS) is 10.9. The fourth-order valence-electron chi connectivity index (χ4n) is 3.85. The van der Waals surface area contributed by atoms with Gasteiger partial charge >= 0.3 is 0 Å². The van der Waals surface area contributed by atoms with Crippen molar-refractivity contribution in [2.75, 3.05) is 24.7 Å². The topological polar surface area (TPSA) is 97.9 Å². The van der Waals surface area contributed by atoms with Crippen LogP contribution in [0.1, 0.15) is 34.0 Å². The van der Waals surface area contributed by atoms with Gasteiger partial charge in [0.2, 0.25) is 0 Å². The number of nitrogens with zero attached hydrogens (tertiary/aromatic N) is 5. The highest BCUT2D eigenvalue weighted by molar-refractivity contribution is 5.99. The highest BCUT2D eigenvalue weighted by Crippen LogP contribution is 2.32. The van der Waals surface area contributed by atoms with Crippen LogP contribution in [-0.2, 0) is 6.42 Å². The minimum Gasteiger partial charge on any atom is -0.382 e. The summed E-state index contributed by atoms with van der Waals surface area (Å²) in [5.74, 6) is 0.284. The Hall–Kier alpha value is -4.20. The van der Waals surface area contributed by atoms with E-state index in [2.05, 4.69) is 15.0 Å². The van der Waals surface area contributed by atoms with Crippen LogP contribution in [0.3, 0.4) is 0 Å². The van der Waals surface area contributed by atoms with E-state index in [1.807, 2.05) is 63.2 Å². The van der Waals surface area contributed by atoms with Crippen molar-refractivity contribution in [2.45, 2.75) is 26.7 Å². The van der Waals surface area contributed by atoms with E-state index in [-0.39, 0.29) is 29.5 Å². The van der Waals surface area contributed by atoms with E-state index < -0.39 is 0 Å². The number of aryl methyl sites for hydroxylation is 3. The van der Waals surface area contributed by atoms with Gasteiger partial charge in [0.05, 0.1) is 11.4 Å². The quantitative estimate of drug-likeness (QED) is 0.387. The smallest absolute Gasteiger partial charge is 0.185 e. The molecule has 0 aliphatic carbocycles. The van der Waals surface area contributed by atoms with Crippen LogP contribution < -0.4 is 10.6 Å². The van der Waals surface area contributed by atoms with Gasteiger partial charge in [0, 0.05) is 48.7 Å². The Morgan fingerprint density at radius 1 is 0.886 bits per heavy atom. The van der Waals surface area contributed by atoms with Crippen LogP contribution >= 0.6 is 0 Å². The molecule has 0 atom stereocenters. The van der Waals surface area contributed by atoms with Crippen molar-refractivity contribution in [1.82, 2.24) is 19.9 Å². The summed E-state index contributed by atoms with van der Waals surface area (Å²) >= 11 is 0. The maximum atomic E-state index is 13.6. The van der Waals surface area contributed by atoms with Crippen molar-refractivity contribution >= 4 is 17.4 Å². The molecule has 0 unspecified atom stereocenters. The molecule has 0 bridgehead atoms. The Balaban J connectivity index is 1.73. The van der Waals surface area contributed by atoms with Gasteiger partial charge in [-0.15, -0.1) is 0 Å². The Kier molecular flexibility index (Phi) is 6.82. The van der Waals surface area contributed by atoms with E-state index in [1.165, 1.54) is 12.1 Å². The molecule has 1 aromatic carbocycles. The van der Waals surface area contributed by atoms with E-state index in [9.17, 15) is 9.18 Å². The maximum absolute atomic E-state index is 13.6. The summed E-state index contributed by atoms with van der Waals surface area (Å²) < 4.78 is 13.6. The molecular weight excluding hydrogens is 443 g/mol. The Morgan fingerprint density at radius 3 is 2.20 bits per heavy atom. The van der Waals surface area contributed by atoms with Gasteiger partial charge in [0.15, 0.2) is 11.6 Å². The molecule has 0 aliphatic heterocycles. The SMILES string of the molecule is Cc1cc(-c2nc(C(=O)CCc3cccc(N(C)C)n3)c(N)nc2-c2ccc(F)cc2)cc(C)n1. The number of rotatable bonds is 7. The first-order valence-corrected chi connectivity index (χ1v) is 11.3. The zero-order valence-electron chi connectivity index (χ0n) is 20.2. The molecule has 4 rings (SSSR count). The highest BCUT2D eigenvalue weighted by Gasteiger charge is 2.20. The fourth-order valence-corrected chi connectivity index (χ4v) is 3.85. The average Bonchev–Trinajstić information content (AvgIpc) is 2.82. The fraction of sp³-hybridized carbons (Fsp3) is 0.222. The summed E-state index contributed by atoms with van der Waals surface area (Å²) in [5.41, 5.74) is 11.1. The third-order valence-corrected chi connectivity index (χ3v) is 5.52. The molecule has 0 fully saturated rings. The van der Waals surface area contributed by atoms with Gasteiger partial charge in [0.1, 0.15) is 17.3 Å². The number of ketones is 1. The molecule has 8 heteroatoms. The second kappa shape index (κ2) is 9.97. The number of hydrogen-bond donors (Lipinski definition) is 1. The number of hydrogen-bond acceptors (Lipinski definition) is 7. The number of anilines is 2. The number of aromatic nitrogens is 4. The van der Waals surface area contributed by atoms with Crippen LogP contribution in [0.15, 0.2) is 54.6 Å². The molecule has 3 heterocycles. The standard InChI is InChI=1S/C27H27FN6O/c1-16-14-19(15-17(2)30-16)25-24(18-8-10-20(28)11-9-18)33-27(29)26(32-25)22(35)13-12-21-6-5-7-23(31-21)34(3)4/h5-11,14-15H,12-13H2,1-4H3,(H2,29,33). The minimum absolute atomic E-state index is 0.0376. The number of nitrogens with two attached hydrogens (primary N) is 1. The van der Waals surface area contributed by atoms with Gasteiger partial charge in [-0.2, -0.15) is 0 Å². The first-order valence-electron chi connectivity index (χ1n) is 11.3. The van der Waals surface area contributed by atoms with Gasteiger partial charge in [0.25, 0.3) is 0 Å². The highest BCUT2D eigenvalue weighted by atomic mass is 19.1. The van der Waals surface area contributed by atoms with Gasteiger partial charge in [-0.1, -0.05) is 6.07 Å². The Morgan fingerprint density at radius 2 is 1.54 bits per heavy atom. The van der Waals surface area contributed by atoms with Crippen LogP contribution in [0, 0.1) is 19.7 Å². The van der Waals surface area contributed by atoms with Crippen molar-refractivity contribution in [2.24, 2.45) is 0 Å². The third kappa shape index (κ3) is 5.48. The van der Waals surface area contributed by atoms with Gasteiger partial charge < -0.3 is 10.6 Å². The van der Waals surface area contributed by atoms with Crippen molar-refractivity contribution in [3.8, 4) is 22.5 Å². The monoisotopic (exact) mass is 470 g/mol. The lowest BCUT2D eigenvalue weighted by atomic mass is 10.0. The van der Waals surface area contributed by atoms with E-state index in [0.717, 1.165) is 28.5 Å². The molecule has 0 aliphatic rings. The van der Waals surface area contributed by atoms with Crippen LogP contribution in [0.4, 0.5) is 16.0 Å². The number of nitrogen functional groups attached to an aromatic ring is 1. The van der Waals surface area contributed by atoms with Gasteiger partial charge in [-0.25, -0.2) is 19.3 Å². The molecule has 2 N–H and O–H groups in total. The van der Waals surface area contributed by atoms with E-state index in [0.29, 0.717) is 23.4 Å². The summed E-state index contributed by atoms with van der Waals surface area (Å²) in [5, 5.41) is 0. The van der Waals surface area contributed by atoms with Crippen molar-refractivity contribution in [3.05, 3.63) is 83.2 Å². The Labute approximate surface area is 203 Å². The number of Topliss-reactive ketones (excluding diaryl/α,β-unsaturated/α-hetero) is 1. The molecule has 35 heavy (non-hydrogen) atoms. The van der Waals surface area contributed by atoms with Crippen molar-refractivity contribution < 1.29 is 9.18 Å². The van der Waals surface area contributed by atoms with E-state index in [1.54, 1.807) is 12.1 Å². The van der Waals surface area contributed by atoms with Crippen molar-refractivity contribution in [3.63, 3.8) is 0 Å². The molecule has 3 aromatic heterocycles. The zero-order chi connectivity index (χ0) is 25.1. The predicted molar refractivity (Wildman–Crippen MR) is 136 cm³/mol. The maximum Gasteiger partial charge on any atom is 0.185 e. The molecule has 0 saturated heterocycles. The second-order valence-electron chi connectivity index (χ2n) is 8.60. The average molecular weight is 471 g/mol. The number of carbonyl (C=O) groups is 1. The number of carbonyl (C=O) groups excluding carboxylic acids is 1. The van der Waals surface area contributed by atoms with Gasteiger partial charge in [-0.3, -0.25) is 9.78 Å². The van der Waals surface area contributed by atoms with Gasteiger partial charge in [-0.05, 0) is 68.8 Å². The molecular formula is C27H27FN6O. The number of benzene rings is 1. The molecule has 0 amide bonds. The molecule has 4 aromatic rings. The van der Waals surface area contributed by atoms with Crippen LogP contribution in [0.2, 0.25) is 0 Å². The lowest BCUT2D eigenvalue weighted by Crippen LogP contribution is -2.13. The molecule has 0 radical (unpaired) electrons. The summed E-state index contributed by atoms with van der Waals surface area (Å²) in [6.45, 7) is 3.78. The van der Waals surface area contributed by atoms with Crippen LogP contribution in [0.5, 0.6) is 0 Å². The minimum atomic E-state index is -0.356. The summed E-state index contributed by atoms with van der Waals surface area (Å²) in [6.07, 6.45) is 0.636. The molecule has 0 spiro atoms. The van der Waals surface area contributed by atoms with E-state index >= 15 is 0 Å². The van der Waals surface area contributed by atoms with Crippen LogP contribution in [0.25, 0.3) is 22.5 Å². The zero-order valence-corrected chi connectivity index (χ0v) is 20.2. The number of pyridine rings is 2. The first-order chi connectivity index (χ1) is 16.7. The number of halogens is 1. The lowest BCUT2D eigenvalue weighted by Gasteiger charge is -2.14. The Bertz CT molecular complexity index is 1370. The second-order valence-corrected chi connectivity index (χ2v) is 8.60. The van der Waals surface area contributed by atoms with Crippen molar-refractivity contribution in [1.29, 1.82) is 0 Å². The summed E-state index contributed by atoms with van der Waals surface area (Å²) in [6, 6.07) is 15.4. The largest absolute Gasteiger partial charge is 0.382 e. The summed E-state index contributed by atoms with van der Waals surface area (Å²) in [7, 11) is 3.83. The summed E-state index contributed by atoms with van der Waals surface area (Å²) in [4.78, 5) is 33.3. The van der Waals surface area contributed by atoms with E-state index in [4.69, 9.17) is 10.7 Å². The first kappa shape index (κ1) is 23.9. The third-order valence-electron chi connectivity index (χ3n) is 5.52. The lowest BCUT2D eigenvalue weighted by molar-refractivity contribution is 0.0978. The molecule has 0 saturated carbocycles. The predicted octanol–water partition coefficient (Wildman–Crippen LogP) is 4.82. The molecule has 7 nitrogen and oxygen atoms in total. The molecule has 178 valence electrons. The van der Waals surface area contributed by atoms with Crippen LogP contribution in [-0.4, -0.2) is 39.8 Å².